The quantitative estimate of drug-likeness (QED) is 0.235. The van der Waals surface area contributed by atoms with Crippen LogP contribution in [0.4, 0.5) is 17.2 Å². The van der Waals surface area contributed by atoms with E-state index < -0.39 is 0 Å². The van der Waals surface area contributed by atoms with E-state index in [4.69, 9.17) is 4.98 Å². The van der Waals surface area contributed by atoms with Gasteiger partial charge in [0.15, 0.2) is 0 Å². The molecular weight excluding hydrogens is 571 g/mol. The van der Waals surface area contributed by atoms with Gasteiger partial charge in [-0.2, -0.15) is 23.3 Å². The van der Waals surface area contributed by atoms with Crippen LogP contribution in [0.3, 0.4) is 0 Å². The Labute approximate surface area is 193 Å². The molecule has 0 fully saturated rings. The zero-order valence-corrected chi connectivity index (χ0v) is 18.8. The molecule has 6 heteroatoms. The molecule has 3 aromatic heterocycles. The van der Waals surface area contributed by atoms with Crippen molar-refractivity contribution in [2.24, 2.45) is 0 Å². The Hall–Kier alpha value is -3.01. The van der Waals surface area contributed by atoms with E-state index in [2.05, 4.69) is 34.3 Å². The maximum atomic E-state index is 4.92. The summed E-state index contributed by atoms with van der Waals surface area (Å²) in [6, 6.07) is 32.8. The van der Waals surface area contributed by atoms with Crippen molar-refractivity contribution in [1.82, 2.24) is 14.8 Å². The van der Waals surface area contributed by atoms with Crippen molar-refractivity contribution in [1.29, 1.82) is 0 Å². The summed E-state index contributed by atoms with van der Waals surface area (Å²) in [5.41, 5.74) is 3.68. The molecule has 30 heavy (non-hydrogen) atoms. The van der Waals surface area contributed by atoms with E-state index in [9.17, 15) is 0 Å². The zero-order valence-electron chi connectivity index (χ0n) is 15.8. The molecule has 0 spiro atoms. The molecule has 3 heterocycles. The van der Waals surface area contributed by atoms with Crippen LogP contribution in [-0.4, -0.2) is 14.8 Å². The van der Waals surface area contributed by atoms with Gasteiger partial charge >= 0.3 is 21.1 Å². The molecule has 148 valence electrons. The first-order valence-electron chi connectivity index (χ1n) is 9.19. The number of pyridine rings is 1. The number of anilines is 3. The van der Waals surface area contributed by atoms with Crippen LogP contribution in [0.1, 0.15) is 0 Å². The van der Waals surface area contributed by atoms with Crippen LogP contribution in [0.2, 0.25) is 0 Å². The summed E-state index contributed by atoms with van der Waals surface area (Å²) in [5, 5.41) is 6.34. The summed E-state index contributed by atoms with van der Waals surface area (Å²) in [4.78, 5) is 8.05. The van der Waals surface area contributed by atoms with Crippen LogP contribution in [0.25, 0.3) is 16.3 Å². The van der Waals surface area contributed by atoms with Gasteiger partial charge in [-0.15, -0.1) is 23.6 Å². The molecule has 0 saturated carbocycles. The molecule has 0 aliphatic rings. The molecule has 2 aromatic carbocycles. The molecule has 5 aromatic rings. The van der Waals surface area contributed by atoms with Gasteiger partial charge < -0.3 is 4.90 Å². The Balaban J connectivity index is 0.00000218. The molecule has 0 N–H and O–H groups in total. The van der Waals surface area contributed by atoms with Crippen LogP contribution in [-0.2, 0) is 21.1 Å². The molecule has 0 bridgehead atoms. The second-order valence-electron chi connectivity index (χ2n) is 6.32. The van der Waals surface area contributed by atoms with Crippen molar-refractivity contribution in [3.8, 4) is 16.3 Å². The van der Waals surface area contributed by atoms with Gasteiger partial charge in [0.25, 0.3) is 0 Å². The minimum absolute atomic E-state index is 0. The Bertz CT molecular complexity index is 1130. The van der Waals surface area contributed by atoms with E-state index in [1.165, 1.54) is 0 Å². The molecule has 0 saturated heterocycles. The van der Waals surface area contributed by atoms with Crippen LogP contribution < -0.4 is 4.90 Å². The van der Waals surface area contributed by atoms with Gasteiger partial charge in [0, 0.05) is 18.1 Å². The molecular formula is C24H16N4PtS. The number of hydrogen-bond acceptors (Lipinski definition) is 4. The molecule has 0 unspecified atom stereocenters. The van der Waals surface area contributed by atoms with Crippen molar-refractivity contribution in [3.05, 3.63) is 109 Å². The molecule has 0 amide bonds. The predicted octanol–water partition coefficient (Wildman–Crippen LogP) is 6.06. The van der Waals surface area contributed by atoms with E-state index in [0.717, 1.165) is 33.5 Å². The Kier molecular flexibility index (Phi) is 6.22. The van der Waals surface area contributed by atoms with Crippen LogP contribution in [0.5, 0.6) is 0 Å². The summed E-state index contributed by atoms with van der Waals surface area (Å²) in [5.74, 6) is 0.823. The summed E-state index contributed by atoms with van der Waals surface area (Å²) >= 11 is 1.63. The fourth-order valence-electron chi connectivity index (χ4n) is 3.15. The van der Waals surface area contributed by atoms with E-state index in [-0.39, 0.29) is 21.1 Å². The van der Waals surface area contributed by atoms with Gasteiger partial charge in [0.2, 0.25) is 0 Å². The molecule has 0 radical (unpaired) electrons. The minimum Gasteiger partial charge on any atom is -0.320 e. The van der Waals surface area contributed by atoms with Gasteiger partial charge in [0.1, 0.15) is 5.82 Å². The molecule has 0 aliphatic carbocycles. The number of hydrogen-bond donors (Lipinski definition) is 0. The first kappa shape index (κ1) is 20.3. The van der Waals surface area contributed by atoms with Gasteiger partial charge in [-0.1, -0.05) is 40.9 Å². The van der Waals surface area contributed by atoms with E-state index >= 15 is 0 Å². The minimum atomic E-state index is 0. The van der Waals surface area contributed by atoms with Crippen molar-refractivity contribution in [2.45, 2.75) is 0 Å². The van der Waals surface area contributed by atoms with Crippen LogP contribution in [0.15, 0.2) is 96.6 Å². The smallest absolute Gasteiger partial charge is 0.320 e. The maximum Gasteiger partial charge on any atom is 2.00 e. The van der Waals surface area contributed by atoms with E-state index in [1.54, 1.807) is 22.2 Å². The normalized spacial score (nSPS) is 10.4. The third kappa shape index (κ3) is 4.13. The summed E-state index contributed by atoms with van der Waals surface area (Å²) in [7, 11) is 0. The Morgan fingerprint density at radius 3 is 2.53 bits per heavy atom. The average molecular weight is 588 g/mol. The van der Waals surface area contributed by atoms with Crippen molar-refractivity contribution in [2.75, 3.05) is 4.90 Å². The van der Waals surface area contributed by atoms with Gasteiger partial charge in [-0.05, 0) is 35.6 Å². The number of benzene rings is 2. The number of aromatic nitrogens is 3. The predicted molar refractivity (Wildman–Crippen MR) is 117 cm³/mol. The number of para-hydroxylation sites is 1. The summed E-state index contributed by atoms with van der Waals surface area (Å²) in [6.45, 7) is 0. The second kappa shape index (κ2) is 9.20. The van der Waals surface area contributed by atoms with E-state index in [0.29, 0.717) is 0 Å². The standard InChI is InChI=1S/C24H16N4S.Pt/c1-2-8-19(9-3-1)28(21-11-4-10-20(18-21)27-16-7-15-25-27)24-14-5-12-22(26-24)23-13-6-17-29-23;/h1-12,14-17H;/q-2;+2. The second-order valence-corrected chi connectivity index (χ2v) is 7.23. The molecule has 0 atom stereocenters. The first-order chi connectivity index (χ1) is 14.4. The Morgan fingerprint density at radius 1 is 0.900 bits per heavy atom. The monoisotopic (exact) mass is 587 g/mol. The SMILES string of the molecule is [Pt+2].[c-]1c(N(c2ccccc2)c2cccc(-c3[c-]ccs3)n2)cccc1-n1cccn1. The van der Waals surface area contributed by atoms with E-state index in [1.807, 2.05) is 78.3 Å². The third-order valence-electron chi connectivity index (χ3n) is 4.44. The van der Waals surface area contributed by atoms with Gasteiger partial charge in [0.05, 0.1) is 0 Å². The molecule has 5 rings (SSSR count). The molecule has 0 aliphatic heterocycles. The first-order valence-corrected chi connectivity index (χ1v) is 10.1. The van der Waals surface area contributed by atoms with Gasteiger partial charge in [-0.25, -0.2) is 11.3 Å². The third-order valence-corrected chi connectivity index (χ3v) is 5.27. The number of thiophene rings is 1. The largest absolute Gasteiger partial charge is 2.00 e. The van der Waals surface area contributed by atoms with Crippen molar-refractivity contribution < 1.29 is 21.1 Å². The van der Waals surface area contributed by atoms with Gasteiger partial charge in [-0.3, -0.25) is 9.67 Å². The fourth-order valence-corrected chi connectivity index (χ4v) is 3.79. The molecule has 4 nitrogen and oxygen atoms in total. The van der Waals surface area contributed by atoms with Crippen molar-refractivity contribution >= 4 is 28.5 Å². The Morgan fingerprint density at radius 2 is 1.77 bits per heavy atom. The topological polar surface area (TPSA) is 34.0 Å². The average Bonchev–Trinajstić information content (AvgIpc) is 3.50. The number of rotatable bonds is 5. The van der Waals surface area contributed by atoms with Crippen molar-refractivity contribution in [3.63, 3.8) is 0 Å². The zero-order chi connectivity index (χ0) is 19.5. The number of nitrogens with zero attached hydrogens (tertiary/aromatic N) is 4. The van der Waals surface area contributed by atoms with Crippen LogP contribution >= 0.6 is 11.3 Å². The fraction of sp³-hybridized carbons (Fsp3) is 0. The maximum absolute atomic E-state index is 4.92. The van der Waals surface area contributed by atoms with Crippen LogP contribution in [0, 0.1) is 12.1 Å². The summed E-state index contributed by atoms with van der Waals surface area (Å²) < 4.78 is 1.80. The summed E-state index contributed by atoms with van der Waals surface area (Å²) in [6.07, 6.45) is 3.67.